The Morgan fingerprint density at radius 2 is 1.81 bits per heavy atom. The van der Waals surface area contributed by atoms with E-state index in [1.165, 1.54) is 0 Å². The number of nitrogens with zero attached hydrogens (tertiary/aromatic N) is 1. The maximum absolute atomic E-state index is 11.7. The quantitative estimate of drug-likeness (QED) is 0.809. The van der Waals surface area contributed by atoms with Gasteiger partial charge in [0.05, 0.1) is 5.25 Å². The van der Waals surface area contributed by atoms with Crippen LogP contribution in [0.5, 0.6) is 0 Å². The van der Waals surface area contributed by atoms with Gasteiger partial charge >= 0.3 is 0 Å². The molecule has 0 amide bonds. The topological polar surface area (TPSA) is 49.4 Å². The summed E-state index contributed by atoms with van der Waals surface area (Å²) in [6, 6.07) is 0. The van der Waals surface area contributed by atoms with Crippen LogP contribution < -0.4 is 4.72 Å². The van der Waals surface area contributed by atoms with Gasteiger partial charge < -0.3 is 4.90 Å². The van der Waals surface area contributed by atoms with Crippen molar-refractivity contribution in [3.05, 3.63) is 0 Å². The Hall–Kier alpha value is -0.130. The maximum Gasteiger partial charge on any atom is 0.213 e. The molecule has 1 fully saturated rings. The second kappa shape index (κ2) is 5.02. The molecule has 0 radical (unpaired) electrons. The van der Waals surface area contributed by atoms with E-state index in [-0.39, 0.29) is 10.7 Å². The number of hydrogen-bond acceptors (Lipinski definition) is 3. The van der Waals surface area contributed by atoms with Gasteiger partial charge in [-0.15, -0.1) is 0 Å². The van der Waals surface area contributed by atoms with Crippen LogP contribution in [0.1, 0.15) is 33.6 Å². The molecule has 0 spiro atoms. The highest BCUT2D eigenvalue weighted by Gasteiger charge is 2.30. The highest BCUT2D eigenvalue weighted by atomic mass is 32.2. The molecule has 4 nitrogen and oxygen atoms in total. The van der Waals surface area contributed by atoms with Crippen LogP contribution in [0.4, 0.5) is 0 Å². The maximum atomic E-state index is 11.7. The van der Waals surface area contributed by atoms with Crippen LogP contribution in [0.2, 0.25) is 0 Å². The average molecular weight is 248 g/mol. The van der Waals surface area contributed by atoms with Gasteiger partial charge in [-0.05, 0) is 52.2 Å². The molecule has 0 bridgehead atoms. The van der Waals surface area contributed by atoms with Crippen LogP contribution in [-0.2, 0) is 10.0 Å². The highest BCUT2D eigenvalue weighted by molar-refractivity contribution is 7.90. The third-order valence-electron chi connectivity index (χ3n) is 3.51. The molecular formula is C11H24N2O2S. The van der Waals surface area contributed by atoms with Gasteiger partial charge in [0.1, 0.15) is 0 Å². The summed E-state index contributed by atoms with van der Waals surface area (Å²) in [7, 11) is -1.00. The Morgan fingerprint density at radius 3 is 2.25 bits per heavy atom. The molecule has 0 atom stereocenters. The van der Waals surface area contributed by atoms with Crippen molar-refractivity contribution in [2.75, 3.05) is 26.7 Å². The molecule has 1 rings (SSSR count). The zero-order valence-electron chi connectivity index (χ0n) is 10.8. The van der Waals surface area contributed by atoms with Gasteiger partial charge in [-0.2, -0.15) is 0 Å². The molecule has 0 saturated carbocycles. The molecule has 1 aliphatic rings. The second-order valence-electron chi connectivity index (χ2n) is 5.53. The van der Waals surface area contributed by atoms with Crippen molar-refractivity contribution in [1.29, 1.82) is 0 Å². The predicted molar refractivity (Wildman–Crippen MR) is 66.9 cm³/mol. The van der Waals surface area contributed by atoms with E-state index in [1.807, 2.05) is 0 Å². The number of piperidine rings is 1. The third kappa shape index (κ3) is 3.71. The van der Waals surface area contributed by atoms with E-state index in [9.17, 15) is 8.42 Å². The van der Waals surface area contributed by atoms with Gasteiger partial charge in [0, 0.05) is 6.54 Å². The first-order chi connectivity index (χ1) is 7.25. The summed E-state index contributed by atoms with van der Waals surface area (Å²) in [6.45, 7) is 8.27. The van der Waals surface area contributed by atoms with E-state index in [0.29, 0.717) is 6.54 Å². The standard InChI is InChI=1S/C11H24N2O2S/c1-10(2)16(14,15)12-9-11(3)5-7-13(4)8-6-11/h10,12H,5-9H2,1-4H3. The summed E-state index contributed by atoms with van der Waals surface area (Å²) in [5, 5.41) is -0.345. The lowest BCUT2D eigenvalue weighted by molar-refractivity contribution is 0.143. The number of hydrogen-bond donors (Lipinski definition) is 1. The van der Waals surface area contributed by atoms with Crippen molar-refractivity contribution in [1.82, 2.24) is 9.62 Å². The lowest BCUT2D eigenvalue weighted by atomic mass is 9.81. The van der Waals surface area contributed by atoms with Crippen molar-refractivity contribution < 1.29 is 8.42 Å². The van der Waals surface area contributed by atoms with E-state index < -0.39 is 10.0 Å². The van der Waals surface area contributed by atoms with Crippen molar-refractivity contribution in [3.8, 4) is 0 Å². The van der Waals surface area contributed by atoms with Crippen LogP contribution in [0.3, 0.4) is 0 Å². The minimum atomic E-state index is -3.11. The van der Waals surface area contributed by atoms with E-state index >= 15 is 0 Å². The van der Waals surface area contributed by atoms with E-state index in [0.717, 1.165) is 25.9 Å². The Balaban J connectivity index is 2.49. The molecule has 0 unspecified atom stereocenters. The summed E-state index contributed by atoms with van der Waals surface area (Å²) in [6.07, 6.45) is 2.12. The van der Waals surface area contributed by atoms with Crippen molar-refractivity contribution >= 4 is 10.0 Å². The number of sulfonamides is 1. The molecule has 16 heavy (non-hydrogen) atoms. The van der Waals surface area contributed by atoms with Crippen LogP contribution in [0.25, 0.3) is 0 Å². The van der Waals surface area contributed by atoms with E-state index in [4.69, 9.17) is 0 Å². The summed E-state index contributed by atoms with van der Waals surface area (Å²) in [4.78, 5) is 2.29. The van der Waals surface area contributed by atoms with Gasteiger partial charge in [-0.1, -0.05) is 6.92 Å². The molecule has 1 N–H and O–H groups in total. The summed E-state index contributed by atoms with van der Waals surface area (Å²) in [5.41, 5.74) is 0.120. The van der Waals surface area contributed by atoms with Crippen molar-refractivity contribution in [2.24, 2.45) is 5.41 Å². The Labute approximate surface area is 99.5 Å². The average Bonchev–Trinajstić information content (AvgIpc) is 2.20. The summed E-state index contributed by atoms with van der Waals surface area (Å²) < 4.78 is 26.1. The fraction of sp³-hybridized carbons (Fsp3) is 1.00. The van der Waals surface area contributed by atoms with E-state index in [2.05, 4.69) is 23.6 Å². The van der Waals surface area contributed by atoms with Crippen LogP contribution in [0, 0.1) is 5.41 Å². The number of nitrogens with one attached hydrogen (secondary N) is 1. The SMILES string of the molecule is CC(C)S(=O)(=O)NCC1(C)CCN(C)CC1. The highest BCUT2D eigenvalue weighted by Crippen LogP contribution is 2.29. The van der Waals surface area contributed by atoms with Crippen molar-refractivity contribution in [3.63, 3.8) is 0 Å². The molecule has 5 heteroatoms. The molecule has 0 aliphatic carbocycles. The van der Waals surface area contributed by atoms with E-state index in [1.54, 1.807) is 13.8 Å². The third-order valence-corrected chi connectivity index (χ3v) is 5.30. The van der Waals surface area contributed by atoms with Crippen LogP contribution in [0.15, 0.2) is 0 Å². The zero-order valence-corrected chi connectivity index (χ0v) is 11.6. The zero-order chi connectivity index (χ0) is 12.4. The number of likely N-dealkylation sites (tertiary alicyclic amines) is 1. The molecule has 0 aromatic carbocycles. The lowest BCUT2D eigenvalue weighted by Crippen LogP contribution is -2.44. The van der Waals surface area contributed by atoms with Gasteiger partial charge in [-0.3, -0.25) is 0 Å². The lowest BCUT2D eigenvalue weighted by Gasteiger charge is -2.38. The Morgan fingerprint density at radius 1 is 1.31 bits per heavy atom. The number of rotatable bonds is 4. The molecule has 0 aromatic rings. The minimum Gasteiger partial charge on any atom is -0.306 e. The van der Waals surface area contributed by atoms with Crippen molar-refractivity contribution in [2.45, 2.75) is 38.9 Å². The van der Waals surface area contributed by atoms with Gasteiger partial charge in [0.15, 0.2) is 0 Å². The molecule has 1 aliphatic heterocycles. The summed E-state index contributed by atoms with van der Waals surface area (Å²) >= 11 is 0. The van der Waals surface area contributed by atoms with Gasteiger partial charge in [0.2, 0.25) is 10.0 Å². The molecule has 1 saturated heterocycles. The van der Waals surface area contributed by atoms with Crippen LogP contribution >= 0.6 is 0 Å². The fourth-order valence-corrected chi connectivity index (χ4v) is 2.66. The fourth-order valence-electron chi connectivity index (χ4n) is 1.78. The Bertz CT molecular complexity index is 317. The molecule has 96 valence electrons. The monoisotopic (exact) mass is 248 g/mol. The minimum absolute atomic E-state index is 0.120. The first kappa shape index (κ1) is 13.9. The first-order valence-electron chi connectivity index (χ1n) is 5.92. The predicted octanol–water partition coefficient (Wildman–Crippen LogP) is 1.05. The molecule has 1 heterocycles. The smallest absolute Gasteiger partial charge is 0.213 e. The molecule has 0 aromatic heterocycles. The van der Waals surface area contributed by atoms with Crippen LogP contribution in [-0.4, -0.2) is 45.2 Å². The normalized spacial score (nSPS) is 22.6. The Kier molecular flexibility index (Phi) is 4.37. The first-order valence-corrected chi connectivity index (χ1v) is 7.47. The molecular weight excluding hydrogens is 224 g/mol. The van der Waals surface area contributed by atoms with Gasteiger partial charge in [-0.25, -0.2) is 13.1 Å². The largest absolute Gasteiger partial charge is 0.306 e. The van der Waals surface area contributed by atoms with Gasteiger partial charge in [0.25, 0.3) is 0 Å². The summed E-state index contributed by atoms with van der Waals surface area (Å²) in [5.74, 6) is 0. The second-order valence-corrected chi connectivity index (χ2v) is 7.85.